The highest BCUT2D eigenvalue weighted by atomic mass is 15.3. The molecule has 1 fully saturated rings. The van der Waals surface area contributed by atoms with Gasteiger partial charge < -0.3 is 11.1 Å². The van der Waals surface area contributed by atoms with Crippen molar-refractivity contribution in [2.45, 2.75) is 25.7 Å². The van der Waals surface area contributed by atoms with Gasteiger partial charge in [0.1, 0.15) is 5.82 Å². The van der Waals surface area contributed by atoms with E-state index in [-0.39, 0.29) is 0 Å². The van der Waals surface area contributed by atoms with Crippen LogP contribution in [-0.2, 0) is 7.05 Å². The average Bonchev–Trinajstić information content (AvgIpc) is 2.85. The number of hydrogen-bond acceptors (Lipinski definition) is 3. The maximum absolute atomic E-state index is 5.88. The highest BCUT2D eigenvalue weighted by molar-refractivity contribution is 5.33. The summed E-state index contributed by atoms with van der Waals surface area (Å²) < 4.78 is 1.86. The van der Waals surface area contributed by atoms with Gasteiger partial charge in [-0.05, 0) is 24.8 Å². The Balaban J connectivity index is 1.94. The van der Waals surface area contributed by atoms with E-state index < -0.39 is 0 Å². The van der Waals surface area contributed by atoms with Crippen LogP contribution >= 0.6 is 0 Å². The predicted molar refractivity (Wildman–Crippen MR) is 61.7 cm³/mol. The van der Waals surface area contributed by atoms with E-state index in [0.29, 0.717) is 5.41 Å². The lowest BCUT2D eigenvalue weighted by Gasteiger charge is -2.27. The average molecular weight is 208 g/mol. The van der Waals surface area contributed by atoms with Gasteiger partial charge in [0.2, 0.25) is 0 Å². The smallest absolute Gasteiger partial charge is 0.123 e. The van der Waals surface area contributed by atoms with Gasteiger partial charge in [0.15, 0.2) is 0 Å². The van der Waals surface area contributed by atoms with Gasteiger partial charge in [0, 0.05) is 19.7 Å². The summed E-state index contributed by atoms with van der Waals surface area (Å²) in [7, 11) is 1.95. The molecule has 4 nitrogen and oxygen atoms in total. The summed E-state index contributed by atoms with van der Waals surface area (Å²) in [5.74, 6) is 1.08. The Morgan fingerprint density at radius 2 is 2.27 bits per heavy atom. The topological polar surface area (TPSA) is 55.9 Å². The molecule has 0 amide bonds. The van der Waals surface area contributed by atoms with E-state index in [1.54, 1.807) is 0 Å². The minimum atomic E-state index is 0.324. The second-order valence-corrected chi connectivity index (χ2v) is 4.60. The third kappa shape index (κ3) is 2.15. The summed E-state index contributed by atoms with van der Waals surface area (Å²) in [6, 6.07) is 2.00. The maximum Gasteiger partial charge on any atom is 0.123 e. The lowest BCUT2D eigenvalue weighted by atomic mass is 9.86. The van der Waals surface area contributed by atoms with Gasteiger partial charge in [-0.3, -0.25) is 4.68 Å². The molecule has 3 N–H and O–H groups in total. The van der Waals surface area contributed by atoms with E-state index >= 15 is 0 Å². The zero-order chi connectivity index (χ0) is 10.7. The number of aromatic nitrogens is 2. The maximum atomic E-state index is 5.88. The van der Waals surface area contributed by atoms with Crippen molar-refractivity contribution in [2.75, 3.05) is 18.4 Å². The van der Waals surface area contributed by atoms with Crippen LogP contribution in [-0.4, -0.2) is 22.9 Å². The fourth-order valence-corrected chi connectivity index (χ4v) is 2.40. The molecule has 0 aliphatic heterocycles. The quantitative estimate of drug-likeness (QED) is 0.785. The standard InChI is InChI=1S/C11H20N4/c1-15-10(4-7-14-15)13-9-11(8-12)5-2-3-6-11/h4,7,13H,2-3,5-6,8-9,12H2,1H3. The van der Waals surface area contributed by atoms with E-state index in [9.17, 15) is 0 Å². The molecule has 2 rings (SSSR count). The molecule has 0 saturated heterocycles. The molecule has 0 bridgehead atoms. The molecule has 15 heavy (non-hydrogen) atoms. The van der Waals surface area contributed by atoms with Crippen LogP contribution in [0.15, 0.2) is 12.3 Å². The first-order valence-electron chi connectivity index (χ1n) is 5.68. The zero-order valence-corrected chi connectivity index (χ0v) is 9.37. The third-order valence-corrected chi connectivity index (χ3v) is 3.56. The fraction of sp³-hybridized carbons (Fsp3) is 0.727. The minimum Gasteiger partial charge on any atom is -0.370 e. The van der Waals surface area contributed by atoms with Gasteiger partial charge >= 0.3 is 0 Å². The molecule has 1 saturated carbocycles. The Morgan fingerprint density at radius 1 is 1.53 bits per heavy atom. The number of nitrogens with two attached hydrogens (primary N) is 1. The third-order valence-electron chi connectivity index (χ3n) is 3.56. The number of hydrogen-bond donors (Lipinski definition) is 2. The summed E-state index contributed by atoms with van der Waals surface area (Å²) >= 11 is 0. The second kappa shape index (κ2) is 4.23. The van der Waals surface area contributed by atoms with Crippen molar-refractivity contribution in [3.63, 3.8) is 0 Å². The van der Waals surface area contributed by atoms with Crippen molar-refractivity contribution in [3.8, 4) is 0 Å². The van der Waals surface area contributed by atoms with Gasteiger partial charge in [-0.1, -0.05) is 12.8 Å². The summed E-state index contributed by atoms with van der Waals surface area (Å²) in [6.45, 7) is 1.76. The Hall–Kier alpha value is -1.03. The van der Waals surface area contributed by atoms with Crippen molar-refractivity contribution >= 4 is 5.82 Å². The van der Waals surface area contributed by atoms with Crippen LogP contribution in [0.4, 0.5) is 5.82 Å². The molecular formula is C11H20N4. The van der Waals surface area contributed by atoms with Gasteiger partial charge in [0.25, 0.3) is 0 Å². The van der Waals surface area contributed by atoms with E-state index in [2.05, 4.69) is 10.4 Å². The van der Waals surface area contributed by atoms with Gasteiger partial charge in [-0.15, -0.1) is 0 Å². The van der Waals surface area contributed by atoms with Crippen LogP contribution in [0.1, 0.15) is 25.7 Å². The normalized spacial score (nSPS) is 19.3. The van der Waals surface area contributed by atoms with Gasteiger partial charge in [0.05, 0.1) is 6.20 Å². The molecule has 0 unspecified atom stereocenters. The van der Waals surface area contributed by atoms with Crippen molar-refractivity contribution in [3.05, 3.63) is 12.3 Å². The summed E-state index contributed by atoms with van der Waals surface area (Å²) in [5, 5.41) is 7.58. The van der Waals surface area contributed by atoms with Crippen molar-refractivity contribution in [1.82, 2.24) is 9.78 Å². The lowest BCUT2D eigenvalue weighted by Crippen LogP contribution is -2.35. The molecule has 1 heterocycles. The predicted octanol–water partition coefficient (Wildman–Crippen LogP) is 1.35. The van der Waals surface area contributed by atoms with E-state index in [4.69, 9.17) is 5.73 Å². The molecule has 84 valence electrons. The number of aryl methyl sites for hydroxylation is 1. The molecular weight excluding hydrogens is 188 g/mol. The minimum absolute atomic E-state index is 0.324. The van der Waals surface area contributed by atoms with Crippen LogP contribution in [0.2, 0.25) is 0 Å². The Morgan fingerprint density at radius 3 is 2.80 bits per heavy atom. The van der Waals surface area contributed by atoms with Crippen LogP contribution in [0, 0.1) is 5.41 Å². The molecule has 1 aliphatic rings. The van der Waals surface area contributed by atoms with Crippen LogP contribution in [0.3, 0.4) is 0 Å². The monoisotopic (exact) mass is 208 g/mol. The number of rotatable bonds is 4. The van der Waals surface area contributed by atoms with Crippen molar-refractivity contribution in [1.29, 1.82) is 0 Å². The Labute approximate surface area is 90.8 Å². The highest BCUT2D eigenvalue weighted by Gasteiger charge is 2.32. The first kappa shape index (κ1) is 10.5. The molecule has 0 radical (unpaired) electrons. The number of nitrogens with one attached hydrogen (secondary N) is 1. The Kier molecular flexibility index (Phi) is 2.95. The first-order valence-corrected chi connectivity index (χ1v) is 5.68. The SMILES string of the molecule is Cn1nccc1NCC1(CN)CCCC1. The van der Waals surface area contributed by atoms with Crippen molar-refractivity contribution < 1.29 is 0 Å². The summed E-state index contributed by atoms with van der Waals surface area (Å²) in [5.41, 5.74) is 6.21. The van der Waals surface area contributed by atoms with Crippen LogP contribution < -0.4 is 11.1 Å². The Bertz CT molecular complexity index is 312. The second-order valence-electron chi connectivity index (χ2n) is 4.60. The highest BCUT2D eigenvalue weighted by Crippen LogP contribution is 2.37. The molecule has 1 aromatic heterocycles. The molecule has 0 aromatic carbocycles. The van der Waals surface area contributed by atoms with Crippen molar-refractivity contribution in [2.24, 2.45) is 18.2 Å². The molecule has 4 heteroatoms. The number of anilines is 1. The molecule has 1 aromatic rings. The van der Waals surface area contributed by atoms with Crippen LogP contribution in [0.5, 0.6) is 0 Å². The molecule has 0 atom stereocenters. The summed E-state index contributed by atoms with van der Waals surface area (Å²) in [6.07, 6.45) is 6.98. The summed E-state index contributed by atoms with van der Waals surface area (Å²) in [4.78, 5) is 0. The lowest BCUT2D eigenvalue weighted by molar-refractivity contribution is 0.331. The fourth-order valence-electron chi connectivity index (χ4n) is 2.40. The number of nitrogens with zero attached hydrogens (tertiary/aromatic N) is 2. The van der Waals surface area contributed by atoms with E-state index in [1.165, 1.54) is 25.7 Å². The van der Waals surface area contributed by atoms with Gasteiger partial charge in [-0.25, -0.2) is 0 Å². The van der Waals surface area contributed by atoms with E-state index in [0.717, 1.165) is 18.9 Å². The molecule has 1 aliphatic carbocycles. The first-order chi connectivity index (χ1) is 7.26. The molecule has 0 spiro atoms. The zero-order valence-electron chi connectivity index (χ0n) is 9.37. The van der Waals surface area contributed by atoms with Gasteiger partial charge in [-0.2, -0.15) is 5.10 Å². The van der Waals surface area contributed by atoms with E-state index in [1.807, 2.05) is 24.0 Å². The largest absolute Gasteiger partial charge is 0.370 e. The van der Waals surface area contributed by atoms with Crippen LogP contribution in [0.25, 0.3) is 0 Å².